The normalized spacial score (nSPS) is 19.6. The molecule has 1 fully saturated rings. The Hall–Kier alpha value is -2.28. The van der Waals surface area contributed by atoms with Gasteiger partial charge in [-0.2, -0.15) is 4.80 Å². The molecule has 1 aliphatic heterocycles. The third kappa shape index (κ3) is 3.39. The highest BCUT2D eigenvalue weighted by Crippen LogP contribution is 2.19. The van der Waals surface area contributed by atoms with Gasteiger partial charge in [-0.25, -0.2) is 0 Å². The number of benzene rings is 1. The number of tetrazole rings is 1. The number of hydrogen-bond donors (Lipinski definition) is 1. The van der Waals surface area contributed by atoms with Crippen LogP contribution in [0.15, 0.2) is 30.3 Å². The predicted molar refractivity (Wildman–Crippen MR) is 84.4 cm³/mol. The lowest BCUT2D eigenvalue weighted by Gasteiger charge is -2.33. The summed E-state index contributed by atoms with van der Waals surface area (Å²) in [5, 5.41) is 21.7. The third-order valence-corrected chi connectivity index (χ3v) is 4.25. The minimum atomic E-state index is -0.502. The molecule has 0 spiro atoms. The van der Waals surface area contributed by atoms with Crippen molar-refractivity contribution in [1.82, 2.24) is 25.1 Å². The number of amides is 1. The molecule has 0 bridgehead atoms. The summed E-state index contributed by atoms with van der Waals surface area (Å²) in [5.74, 6) is 0.653. The van der Waals surface area contributed by atoms with Crippen molar-refractivity contribution in [1.29, 1.82) is 0 Å². The first-order chi connectivity index (χ1) is 11.2. The van der Waals surface area contributed by atoms with Gasteiger partial charge in [0.25, 0.3) is 0 Å². The van der Waals surface area contributed by atoms with E-state index in [0.717, 1.165) is 24.9 Å². The lowest BCUT2D eigenvalue weighted by Crippen LogP contribution is -2.44. The molecule has 0 saturated carbocycles. The highest BCUT2D eigenvalue weighted by Gasteiger charge is 2.28. The zero-order valence-corrected chi connectivity index (χ0v) is 13.2. The van der Waals surface area contributed by atoms with E-state index in [1.807, 2.05) is 30.3 Å². The molecule has 2 atom stereocenters. The van der Waals surface area contributed by atoms with Gasteiger partial charge >= 0.3 is 0 Å². The SMILES string of the molecule is CC(C(=O)N1CCCC(CO)C1)n1nnc(-c2ccccc2)n1. The fourth-order valence-corrected chi connectivity index (χ4v) is 2.87. The van der Waals surface area contributed by atoms with Gasteiger partial charge in [0, 0.05) is 25.3 Å². The number of likely N-dealkylation sites (tertiary alicyclic amines) is 1. The molecule has 2 heterocycles. The molecule has 0 radical (unpaired) electrons. The maximum atomic E-state index is 12.6. The van der Waals surface area contributed by atoms with Crippen LogP contribution in [0.4, 0.5) is 0 Å². The van der Waals surface area contributed by atoms with Crippen molar-refractivity contribution >= 4 is 5.91 Å². The highest BCUT2D eigenvalue weighted by atomic mass is 16.3. The van der Waals surface area contributed by atoms with Crippen molar-refractivity contribution < 1.29 is 9.90 Å². The Morgan fingerprint density at radius 1 is 1.39 bits per heavy atom. The summed E-state index contributed by atoms with van der Waals surface area (Å²) in [5.41, 5.74) is 0.872. The van der Waals surface area contributed by atoms with Gasteiger partial charge in [0.2, 0.25) is 11.7 Å². The zero-order valence-electron chi connectivity index (χ0n) is 13.2. The van der Waals surface area contributed by atoms with Crippen molar-refractivity contribution in [3.05, 3.63) is 30.3 Å². The first-order valence-corrected chi connectivity index (χ1v) is 7.93. The van der Waals surface area contributed by atoms with Gasteiger partial charge in [-0.05, 0) is 30.9 Å². The number of carbonyl (C=O) groups excluding carboxylic acids is 1. The van der Waals surface area contributed by atoms with E-state index in [0.29, 0.717) is 12.4 Å². The van der Waals surface area contributed by atoms with E-state index in [1.54, 1.807) is 11.8 Å². The van der Waals surface area contributed by atoms with Gasteiger partial charge in [0.05, 0.1) is 0 Å². The summed E-state index contributed by atoms with van der Waals surface area (Å²) >= 11 is 0. The van der Waals surface area contributed by atoms with Crippen LogP contribution in [-0.4, -0.2) is 55.8 Å². The maximum absolute atomic E-state index is 12.6. The van der Waals surface area contributed by atoms with Crippen LogP contribution in [0.2, 0.25) is 0 Å². The molecule has 7 heteroatoms. The first-order valence-electron chi connectivity index (χ1n) is 7.93. The maximum Gasteiger partial charge on any atom is 0.249 e. The molecule has 1 aromatic carbocycles. The second kappa shape index (κ2) is 6.87. The molecule has 1 N–H and O–H groups in total. The van der Waals surface area contributed by atoms with E-state index in [-0.39, 0.29) is 18.4 Å². The number of nitrogens with zero attached hydrogens (tertiary/aromatic N) is 5. The lowest BCUT2D eigenvalue weighted by molar-refractivity contribution is -0.137. The second-order valence-corrected chi connectivity index (χ2v) is 5.95. The van der Waals surface area contributed by atoms with Gasteiger partial charge in [0.1, 0.15) is 6.04 Å². The Bertz CT molecular complexity index is 658. The molecule has 1 amide bonds. The summed E-state index contributed by atoms with van der Waals surface area (Å²) in [6.45, 7) is 3.22. The van der Waals surface area contributed by atoms with Gasteiger partial charge < -0.3 is 10.0 Å². The number of rotatable bonds is 4. The fraction of sp³-hybridized carbons (Fsp3) is 0.500. The number of aliphatic hydroxyl groups excluding tert-OH is 1. The lowest BCUT2D eigenvalue weighted by atomic mass is 9.98. The van der Waals surface area contributed by atoms with E-state index in [2.05, 4.69) is 15.4 Å². The molecular formula is C16H21N5O2. The fourth-order valence-electron chi connectivity index (χ4n) is 2.87. The molecule has 0 aliphatic carbocycles. The van der Waals surface area contributed by atoms with Crippen LogP contribution in [0.1, 0.15) is 25.8 Å². The zero-order chi connectivity index (χ0) is 16.2. The van der Waals surface area contributed by atoms with Gasteiger partial charge in [-0.15, -0.1) is 10.2 Å². The highest BCUT2D eigenvalue weighted by molar-refractivity contribution is 5.80. The summed E-state index contributed by atoms with van der Waals surface area (Å²) in [4.78, 5) is 15.8. The Morgan fingerprint density at radius 2 is 2.17 bits per heavy atom. The Morgan fingerprint density at radius 3 is 2.91 bits per heavy atom. The number of carbonyl (C=O) groups is 1. The van der Waals surface area contributed by atoms with E-state index < -0.39 is 6.04 Å². The molecule has 23 heavy (non-hydrogen) atoms. The molecule has 2 unspecified atom stereocenters. The molecule has 1 aromatic heterocycles. The number of piperidine rings is 1. The summed E-state index contributed by atoms with van der Waals surface area (Å²) in [7, 11) is 0. The molecule has 7 nitrogen and oxygen atoms in total. The van der Waals surface area contributed by atoms with E-state index >= 15 is 0 Å². The van der Waals surface area contributed by atoms with Crippen molar-refractivity contribution in [2.24, 2.45) is 5.92 Å². The smallest absolute Gasteiger partial charge is 0.249 e. The molecule has 1 aliphatic rings. The van der Waals surface area contributed by atoms with Gasteiger partial charge in [-0.1, -0.05) is 30.3 Å². The summed E-state index contributed by atoms with van der Waals surface area (Å²) in [6, 6.07) is 9.06. The second-order valence-electron chi connectivity index (χ2n) is 5.95. The van der Waals surface area contributed by atoms with Crippen LogP contribution in [0.3, 0.4) is 0 Å². The molecular weight excluding hydrogens is 294 g/mol. The third-order valence-electron chi connectivity index (χ3n) is 4.25. The number of aliphatic hydroxyl groups is 1. The Balaban J connectivity index is 1.71. The largest absolute Gasteiger partial charge is 0.396 e. The number of aromatic nitrogens is 4. The Labute approximate surface area is 134 Å². The van der Waals surface area contributed by atoms with Crippen molar-refractivity contribution in [3.63, 3.8) is 0 Å². The van der Waals surface area contributed by atoms with Gasteiger partial charge in [-0.3, -0.25) is 4.79 Å². The first kappa shape index (κ1) is 15.6. The number of hydrogen-bond acceptors (Lipinski definition) is 5. The van der Waals surface area contributed by atoms with E-state index in [1.165, 1.54) is 4.80 Å². The topological polar surface area (TPSA) is 84.1 Å². The minimum Gasteiger partial charge on any atom is -0.396 e. The monoisotopic (exact) mass is 315 g/mol. The van der Waals surface area contributed by atoms with E-state index in [9.17, 15) is 9.90 Å². The van der Waals surface area contributed by atoms with Crippen LogP contribution < -0.4 is 0 Å². The molecule has 2 aromatic rings. The van der Waals surface area contributed by atoms with Crippen LogP contribution in [0.5, 0.6) is 0 Å². The molecule has 1 saturated heterocycles. The van der Waals surface area contributed by atoms with Gasteiger partial charge in [0.15, 0.2) is 0 Å². The average molecular weight is 315 g/mol. The molecule has 122 valence electrons. The van der Waals surface area contributed by atoms with Crippen LogP contribution >= 0.6 is 0 Å². The van der Waals surface area contributed by atoms with Crippen molar-refractivity contribution in [3.8, 4) is 11.4 Å². The summed E-state index contributed by atoms with van der Waals surface area (Å²) < 4.78 is 0. The van der Waals surface area contributed by atoms with E-state index in [4.69, 9.17) is 0 Å². The Kier molecular flexibility index (Phi) is 4.66. The van der Waals surface area contributed by atoms with Crippen molar-refractivity contribution in [2.75, 3.05) is 19.7 Å². The average Bonchev–Trinajstić information content (AvgIpc) is 3.11. The van der Waals surface area contributed by atoms with Crippen LogP contribution in [0, 0.1) is 5.92 Å². The quantitative estimate of drug-likeness (QED) is 0.914. The minimum absolute atomic E-state index is 0.0276. The van der Waals surface area contributed by atoms with Crippen LogP contribution in [0.25, 0.3) is 11.4 Å². The summed E-state index contributed by atoms with van der Waals surface area (Å²) in [6.07, 6.45) is 1.89. The standard InChI is InChI=1S/C16H21N5O2/c1-12(16(23)20-9-5-6-13(10-20)11-22)21-18-15(17-19-21)14-7-3-2-4-8-14/h2-4,7-8,12-13,22H,5-6,9-11H2,1H3. The van der Waals surface area contributed by atoms with Crippen molar-refractivity contribution in [2.45, 2.75) is 25.8 Å². The van der Waals surface area contributed by atoms with Crippen LogP contribution in [-0.2, 0) is 4.79 Å². The predicted octanol–water partition coefficient (Wildman–Crippen LogP) is 1.13. The molecule has 3 rings (SSSR count).